The summed E-state index contributed by atoms with van der Waals surface area (Å²) in [7, 11) is 0. The SMILES string of the molecule is CC1(C)c2ccccc2-c2ccc(-c3ccc(-c4cccc(-c5nc(-c6ccccc6)nc(-c6ccc7c8ccccc8c8ccccc8c7c6)n5)c4)cc3)cc21. The van der Waals surface area contributed by atoms with Crippen LogP contribution in [0.2, 0.25) is 0 Å². The van der Waals surface area contributed by atoms with E-state index in [1.54, 1.807) is 0 Å². The largest absolute Gasteiger partial charge is 0.208 e. The molecule has 10 aromatic rings. The monoisotopic (exact) mass is 727 g/mol. The molecule has 57 heavy (non-hydrogen) atoms. The Morgan fingerprint density at radius 3 is 1.39 bits per heavy atom. The summed E-state index contributed by atoms with van der Waals surface area (Å²) in [6.45, 7) is 4.67. The summed E-state index contributed by atoms with van der Waals surface area (Å²) in [5, 5.41) is 7.36. The molecule has 1 aliphatic rings. The lowest BCUT2D eigenvalue weighted by atomic mass is 9.81. The zero-order chi connectivity index (χ0) is 38.1. The fourth-order valence-electron chi connectivity index (χ4n) is 8.97. The topological polar surface area (TPSA) is 38.7 Å². The van der Waals surface area contributed by atoms with Crippen molar-refractivity contribution in [1.29, 1.82) is 0 Å². The minimum atomic E-state index is -0.0326. The van der Waals surface area contributed by atoms with Gasteiger partial charge in [0.25, 0.3) is 0 Å². The van der Waals surface area contributed by atoms with Crippen LogP contribution in [0.1, 0.15) is 25.0 Å². The van der Waals surface area contributed by atoms with Gasteiger partial charge < -0.3 is 0 Å². The molecule has 1 aromatic heterocycles. The molecule has 0 atom stereocenters. The molecule has 0 spiro atoms. The summed E-state index contributed by atoms with van der Waals surface area (Å²) in [5.74, 6) is 1.94. The van der Waals surface area contributed by atoms with Crippen molar-refractivity contribution in [3.63, 3.8) is 0 Å². The zero-order valence-electron chi connectivity index (χ0n) is 31.7. The van der Waals surface area contributed by atoms with Crippen LogP contribution in [-0.2, 0) is 5.41 Å². The van der Waals surface area contributed by atoms with Crippen molar-refractivity contribution in [2.45, 2.75) is 19.3 Å². The van der Waals surface area contributed by atoms with Crippen molar-refractivity contribution < 1.29 is 0 Å². The number of hydrogen-bond acceptors (Lipinski definition) is 3. The first-order valence-corrected chi connectivity index (χ1v) is 19.6. The van der Waals surface area contributed by atoms with E-state index >= 15 is 0 Å². The van der Waals surface area contributed by atoms with E-state index in [0.29, 0.717) is 17.5 Å². The molecule has 0 aliphatic heterocycles. The van der Waals surface area contributed by atoms with Crippen LogP contribution in [0.5, 0.6) is 0 Å². The van der Waals surface area contributed by atoms with E-state index in [0.717, 1.165) is 27.8 Å². The van der Waals surface area contributed by atoms with Gasteiger partial charge in [0.2, 0.25) is 0 Å². The molecule has 268 valence electrons. The van der Waals surface area contributed by atoms with Gasteiger partial charge in [-0.15, -0.1) is 0 Å². The van der Waals surface area contributed by atoms with Crippen LogP contribution >= 0.6 is 0 Å². The van der Waals surface area contributed by atoms with Gasteiger partial charge in [-0.3, -0.25) is 0 Å². The van der Waals surface area contributed by atoms with Gasteiger partial charge in [-0.25, -0.2) is 15.0 Å². The standard InChI is InChI=1S/C54H37N3/c1-54(2)49-22-11-10-21-46(49)47-30-27-38(33-50(47)54)35-25-23-34(24-26-35)37-15-12-16-39(31-37)52-55-51(36-13-4-3-5-14-36)56-53(57-52)40-28-29-45-43-19-7-6-17-41(43)42-18-8-9-20-44(42)48(45)32-40/h3-33H,1-2H3. The predicted molar refractivity (Wildman–Crippen MR) is 237 cm³/mol. The Labute approximate surface area is 332 Å². The number of rotatable bonds is 5. The highest BCUT2D eigenvalue weighted by Crippen LogP contribution is 2.49. The van der Waals surface area contributed by atoms with Gasteiger partial charge in [-0.1, -0.05) is 184 Å². The van der Waals surface area contributed by atoms with Crippen molar-refractivity contribution >= 4 is 32.3 Å². The van der Waals surface area contributed by atoms with Crippen LogP contribution in [0.25, 0.3) is 99.9 Å². The van der Waals surface area contributed by atoms with Crippen LogP contribution in [0.3, 0.4) is 0 Å². The summed E-state index contributed by atoms with van der Waals surface area (Å²) in [4.78, 5) is 15.3. The first-order valence-electron chi connectivity index (χ1n) is 19.6. The average molecular weight is 728 g/mol. The first kappa shape index (κ1) is 33.1. The van der Waals surface area contributed by atoms with E-state index in [9.17, 15) is 0 Å². The van der Waals surface area contributed by atoms with Crippen LogP contribution in [0, 0.1) is 0 Å². The number of benzene rings is 9. The lowest BCUT2D eigenvalue weighted by Gasteiger charge is -2.22. The molecule has 0 radical (unpaired) electrons. The fourth-order valence-corrected chi connectivity index (χ4v) is 8.97. The summed E-state index contributed by atoms with van der Waals surface area (Å²) in [6, 6.07) is 67.3. The van der Waals surface area contributed by atoms with Crippen molar-refractivity contribution in [3.05, 3.63) is 199 Å². The first-order chi connectivity index (χ1) is 28.0. The minimum absolute atomic E-state index is 0.0326. The van der Waals surface area contributed by atoms with E-state index in [1.165, 1.54) is 65.7 Å². The highest BCUT2D eigenvalue weighted by molar-refractivity contribution is 6.25. The van der Waals surface area contributed by atoms with Crippen molar-refractivity contribution in [2.24, 2.45) is 0 Å². The third kappa shape index (κ3) is 5.46. The molecule has 0 N–H and O–H groups in total. The fraction of sp³-hybridized carbons (Fsp3) is 0.0556. The van der Waals surface area contributed by atoms with Gasteiger partial charge in [0, 0.05) is 22.1 Å². The molecule has 1 heterocycles. The third-order valence-electron chi connectivity index (χ3n) is 11.9. The van der Waals surface area contributed by atoms with Gasteiger partial charge in [0.15, 0.2) is 17.5 Å². The van der Waals surface area contributed by atoms with Gasteiger partial charge >= 0.3 is 0 Å². The Bertz CT molecular complexity index is 3160. The van der Waals surface area contributed by atoms with E-state index in [-0.39, 0.29) is 5.41 Å². The van der Waals surface area contributed by atoms with E-state index in [1.807, 2.05) is 18.2 Å². The van der Waals surface area contributed by atoms with Crippen LogP contribution in [-0.4, -0.2) is 15.0 Å². The smallest absolute Gasteiger partial charge is 0.164 e. The van der Waals surface area contributed by atoms with Gasteiger partial charge in [-0.05, 0) is 95.0 Å². The molecular formula is C54H37N3. The molecule has 0 fully saturated rings. The van der Waals surface area contributed by atoms with Crippen molar-refractivity contribution in [2.75, 3.05) is 0 Å². The third-order valence-corrected chi connectivity index (χ3v) is 11.9. The number of fused-ring (bicyclic) bond motifs is 9. The molecule has 3 heteroatoms. The minimum Gasteiger partial charge on any atom is -0.208 e. The maximum absolute atomic E-state index is 5.17. The number of aromatic nitrogens is 3. The zero-order valence-corrected chi connectivity index (χ0v) is 31.7. The molecular weight excluding hydrogens is 691 g/mol. The molecule has 9 aromatic carbocycles. The van der Waals surface area contributed by atoms with Crippen molar-refractivity contribution in [3.8, 4) is 67.5 Å². The highest BCUT2D eigenvalue weighted by Gasteiger charge is 2.35. The molecule has 0 saturated heterocycles. The van der Waals surface area contributed by atoms with Gasteiger partial charge in [0.1, 0.15) is 0 Å². The Balaban J connectivity index is 0.981. The summed E-state index contributed by atoms with van der Waals surface area (Å²) in [6.07, 6.45) is 0. The van der Waals surface area contributed by atoms with Crippen molar-refractivity contribution in [1.82, 2.24) is 15.0 Å². The average Bonchev–Trinajstić information content (AvgIpc) is 3.51. The lowest BCUT2D eigenvalue weighted by Crippen LogP contribution is -2.14. The van der Waals surface area contributed by atoms with E-state index < -0.39 is 0 Å². The molecule has 0 unspecified atom stereocenters. The Kier molecular flexibility index (Phi) is 7.52. The van der Waals surface area contributed by atoms with Crippen LogP contribution < -0.4 is 0 Å². The molecule has 3 nitrogen and oxygen atoms in total. The molecule has 0 bridgehead atoms. The Morgan fingerprint density at radius 1 is 0.281 bits per heavy atom. The maximum Gasteiger partial charge on any atom is 0.164 e. The Hall–Kier alpha value is -7.23. The number of hydrogen-bond donors (Lipinski definition) is 0. The second kappa shape index (κ2) is 12.9. The van der Waals surface area contributed by atoms with E-state index in [2.05, 4.69) is 184 Å². The lowest BCUT2D eigenvalue weighted by molar-refractivity contribution is 0.660. The Morgan fingerprint density at radius 2 is 0.719 bits per heavy atom. The number of nitrogens with zero attached hydrogens (tertiary/aromatic N) is 3. The quantitative estimate of drug-likeness (QED) is 0.166. The highest BCUT2D eigenvalue weighted by atomic mass is 15.0. The molecule has 0 saturated carbocycles. The summed E-state index contributed by atoms with van der Waals surface area (Å²) >= 11 is 0. The summed E-state index contributed by atoms with van der Waals surface area (Å²) < 4.78 is 0. The summed E-state index contributed by atoms with van der Waals surface area (Å²) in [5.41, 5.74) is 13.0. The predicted octanol–water partition coefficient (Wildman–Crippen LogP) is 14.0. The molecule has 1 aliphatic carbocycles. The second-order valence-corrected chi connectivity index (χ2v) is 15.6. The van der Waals surface area contributed by atoms with Gasteiger partial charge in [0.05, 0.1) is 0 Å². The second-order valence-electron chi connectivity index (χ2n) is 15.6. The molecule has 11 rings (SSSR count). The maximum atomic E-state index is 5.17. The molecule has 0 amide bonds. The van der Waals surface area contributed by atoms with Crippen LogP contribution in [0.4, 0.5) is 0 Å². The van der Waals surface area contributed by atoms with Crippen LogP contribution in [0.15, 0.2) is 188 Å². The normalized spacial score (nSPS) is 12.9. The van der Waals surface area contributed by atoms with Gasteiger partial charge in [-0.2, -0.15) is 0 Å². The van der Waals surface area contributed by atoms with E-state index in [4.69, 9.17) is 15.0 Å².